The van der Waals surface area contributed by atoms with Gasteiger partial charge in [-0.3, -0.25) is 4.18 Å². The maximum Gasteiger partial charge on any atom is 0.335 e. The number of methoxy groups -OCH3 is 1. The van der Waals surface area contributed by atoms with E-state index in [4.69, 9.17) is 25.3 Å². The van der Waals surface area contributed by atoms with Gasteiger partial charge in [0.05, 0.1) is 18.2 Å². The minimum absolute atomic E-state index is 0.0835. The Morgan fingerprint density at radius 1 is 1.19 bits per heavy atom. The molecule has 12 heteroatoms. The van der Waals surface area contributed by atoms with Crippen LogP contribution in [0, 0.1) is 0 Å². The van der Waals surface area contributed by atoms with E-state index < -0.39 is 28.6 Å². The lowest BCUT2D eigenvalue weighted by atomic mass is 10.1. The van der Waals surface area contributed by atoms with E-state index in [1.165, 1.54) is 13.4 Å². The van der Waals surface area contributed by atoms with E-state index in [1.807, 2.05) is 18.2 Å². The predicted octanol–water partition coefficient (Wildman–Crippen LogP) is 1.61. The molecule has 5 atom stereocenters. The van der Waals surface area contributed by atoms with Gasteiger partial charge in [0.1, 0.15) is 24.4 Å². The average Bonchev–Trinajstić information content (AvgIpc) is 3.26. The maximum absolute atomic E-state index is 11.6. The zero-order valence-corrected chi connectivity index (χ0v) is 19.1. The van der Waals surface area contributed by atoms with Crippen LogP contribution in [0.15, 0.2) is 30.6 Å². The summed E-state index contributed by atoms with van der Waals surface area (Å²) in [5, 5.41) is 14.2. The third-order valence-corrected chi connectivity index (χ3v) is 6.93. The molecule has 2 aromatic rings. The van der Waals surface area contributed by atoms with Crippen molar-refractivity contribution in [3.05, 3.63) is 46.7 Å². The molecule has 0 saturated heterocycles. The molecule has 0 bridgehead atoms. The molecular weight excluding hydrogens is 460 g/mol. The van der Waals surface area contributed by atoms with Crippen LogP contribution in [0.2, 0.25) is 5.02 Å². The van der Waals surface area contributed by atoms with Gasteiger partial charge in [-0.1, -0.05) is 17.7 Å². The van der Waals surface area contributed by atoms with Gasteiger partial charge in [-0.2, -0.15) is 13.1 Å². The van der Waals surface area contributed by atoms with Crippen LogP contribution in [0.3, 0.4) is 0 Å². The van der Waals surface area contributed by atoms with E-state index >= 15 is 0 Å². The van der Waals surface area contributed by atoms with Gasteiger partial charge >= 0.3 is 10.3 Å². The Labute approximate surface area is 191 Å². The SMILES string of the molecule is CNS(=O)(=O)O[C@H]1C[C@H](Oc2cc(N[C@@H]3c4ccc(Cl)cc4C[C@@H]3OC)ncn2)C[C@@H]1O. The first-order chi connectivity index (χ1) is 15.3. The number of fused-ring (bicyclic) bond motifs is 1. The second-order valence-electron chi connectivity index (χ2n) is 7.76. The van der Waals surface area contributed by atoms with E-state index in [2.05, 4.69) is 20.0 Å². The van der Waals surface area contributed by atoms with Crippen molar-refractivity contribution in [1.29, 1.82) is 0 Å². The number of aliphatic hydroxyl groups is 1. The molecule has 1 aromatic heterocycles. The molecule has 1 fully saturated rings. The number of anilines is 1. The summed E-state index contributed by atoms with van der Waals surface area (Å²) in [5.41, 5.74) is 2.21. The third-order valence-electron chi connectivity index (χ3n) is 5.70. The lowest BCUT2D eigenvalue weighted by molar-refractivity contribution is 0.0634. The first-order valence-electron chi connectivity index (χ1n) is 10.1. The lowest BCUT2D eigenvalue weighted by Gasteiger charge is -2.21. The molecule has 1 aromatic carbocycles. The van der Waals surface area contributed by atoms with Crippen molar-refractivity contribution >= 4 is 27.7 Å². The second-order valence-corrected chi connectivity index (χ2v) is 9.70. The van der Waals surface area contributed by atoms with Gasteiger partial charge in [0.2, 0.25) is 5.88 Å². The van der Waals surface area contributed by atoms with Crippen LogP contribution < -0.4 is 14.8 Å². The van der Waals surface area contributed by atoms with Crippen molar-refractivity contribution in [3.63, 3.8) is 0 Å². The standard InChI is InChI=1S/C20H25ClN4O6S/c1-22-32(27,28)31-16-8-13(7-15(16)26)30-19-9-18(23-10-24-19)25-20-14-4-3-12(21)5-11(14)6-17(20)29-2/h3-5,9-10,13,15-17,20,22,26H,6-8H2,1-2H3,(H,23,24,25)/t13-,15+,16+,17+,20-/m1/s1. The molecule has 0 radical (unpaired) electrons. The quantitative estimate of drug-likeness (QED) is 0.511. The molecule has 10 nitrogen and oxygen atoms in total. The smallest absolute Gasteiger partial charge is 0.335 e. The number of hydrogen-bond acceptors (Lipinski definition) is 9. The molecule has 3 N–H and O–H groups in total. The normalized spacial score (nSPS) is 27.3. The maximum atomic E-state index is 11.6. The number of nitrogens with zero attached hydrogens (tertiary/aromatic N) is 2. The van der Waals surface area contributed by atoms with Gasteiger partial charge in [-0.25, -0.2) is 9.97 Å². The highest BCUT2D eigenvalue weighted by Gasteiger charge is 2.38. The fraction of sp³-hybridized carbons (Fsp3) is 0.500. The highest BCUT2D eigenvalue weighted by Crippen LogP contribution is 2.37. The van der Waals surface area contributed by atoms with Crippen molar-refractivity contribution in [2.45, 2.75) is 49.7 Å². The number of aliphatic hydroxyl groups excluding tert-OH is 1. The Hall–Kier alpha value is -2.02. The molecule has 0 spiro atoms. The van der Waals surface area contributed by atoms with Gasteiger partial charge in [-0.15, -0.1) is 0 Å². The fourth-order valence-corrected chi connectivity index (χ4v) is 4.96. The molecule has 2 aliphatic carbocycles. The first kappa shape index (κ1) is 23.1. The molecule has 0 aliphatic heterocycles. The van der Waals surface area contributed by atoms with Gasteiger partial charge < -0.3 is 19.9 Å². The molecule has 0 unspecified atom stereocenters. The molecule has 0 amide bonds. The number of ether oxygens (including phenoxy) is 2. The Morgan fingerprint density at radius 3 is 2.75 bits per heavy atom. The zero-order chi connectivity index (χ0) is 22.9. The topological polar surface area (TPSA) is 132 Å². The molecule has 1 heterocycles. The van der Waals surface area contributed by atoms with Crippen LogP contribution in [0.25, 0.3) is 0 Å². The van der Waals surface area contributed by atoms with Crippen LogP contribution >= 0.6 is 11.6 Å². The number of nitrogens with one attached hydrogen (secondary N) is 2. The van der Waals surface area contributed by atoms with E-state index in [0.717, 1.165) is 17.5 Å². The summed E-state index contributed by atoms with van der Waals surface area (Å²) in [6, 6.07) is 7.31. The van der Waals surface area contributed by atoms with Crippen molar-refractivity contribution < 1.29 is 27.2 Å². The molecule has 1 saturated carbocycles. The highest BCUT2D eigenvalue weighted by molar-refractivity contribution is 7.84. The molecule has 32 heavy (non-hydrogen) atoms. The summed E-state index contributed by atoms with van der Waals surface area (Å²) in [7, 11) is -1.00. The number of rotatable bonds is 8. The molecule has 4 rings (SSSR count). The summed E-state index contributed by atoms with van der Waals surface area (Å²) in [4.78, 5) is 8.42. The zero-order valence-electron chi connectivity index (χ0n) is 17.6. The number of halogens is 1. The molecule has 174 valence electrons. The highest BCUT2D eigenvalue weighted by atomic mass is 35.5. The number of aromatic nitrogens is 2. The largest absolute Gasteiger partial charge is 0.474 e. The van der Waals surface area contributed by atoms with Crippen LogP contribution in [0.1, 0.15) is 30.0 Å². The van der Waals surface area contributed by atoms with Crippen molar-refractivity contribution in [2.75, 3.05) is 19.5 Å². The van der Waals surface area contributed by atoms with E-state index in [0.29, 0.717) is 16.7 Å². The minimum Gasteiger partial charge on any atom is -0.474 e. The van der Waals surface area contributed by atoms with E-state index in [1.54, 1.807) is 13.2 Å². The Kier molecular flexibility index (Phi) is 6.84. The summed E-state index contributed by atoms with van der Waals surface area (Å²) < 4.78 is 41.8. The van der Waals surface area contributed by atoms with Gasteiger partial charge in [0, 0.05) is 44.5 Å². The first-order valence-corrected chi connectivity index (χ1v) is 11.9. The average molecular weight is 485 g/mol. The Balaban J connectivity index is 1.43. The Morgan fingerprint density at radius 2 is 2.00 bits per heavy atom. The summed E-state index contributed by atoms with van der Waals surface area (Å²) in [6.07, 6.45) is 0.146. The Bertz CT molecular complexity index is 1070. The summed E-state index contributed by atoms with van der Waals surface area (Å²) >= 11 is 6.13. The summed E-state index contributed by atoms with van der Waals surface area (Å²) in [5.74, 6) is 0.856. The van der Waals surface area contributed by atoms with E-state index in [9.17, 15) is 13.5 Å². The van der Waals surface area contributed by atoms with Crippen LogP contribution in [-0.2, 0) is 25.6 Å². The van der Waals surface area contributed by atoms with Crippen molar-refractivity contribution in [1.82, 2.24) is 14.7 Å². The molecule has 2 aliphatic rings. The van der Waals surface area contributed by atoms with Crippen LogP contribution in [-0.4, -0.2) is 62.1 Å². The van der Waals surface area contributed by atoms with Crippen LogP contribution in [0.5, 0.6) is 5.88 Å². The monoisotopic (exact) mass is 484 g/mol. The third kappa shape index (κ3) is 5.13. The second kappa shape index (κ2) is 9.46. The van der Waals surface area contributed by atoms with Gasteiger partial charge in [0.15, 0.2) is 0 Å². The van der Waals surface area contributed by atoms with Crippen molar-refractivity contribution in [2.24, 2.45) is 0 Å². The van der Waals surface area contributed by atoms with Crippen LogP contribution in [0.4, 0.5) is 5.82 Å². The van der Waals surface area contributed by atoms with E-state index in [-0.39, 0.29) is 25.0 Å². The number of benzene rings is 1. The van der Waals surface area contributed by atoms with Gasteiger partial charge in [-0.05, 0) is 23.3 Å². The fourth-order valence-electron chi connectivity index (χ4n) is 4.14. The minimum atomic E-state index is -3.91. The predicted molar refractivity (Wildman–Crippen MR) is 117 cm³/mol. The number of hydrogen-bond donors (Lipinski definition) is 3. The van der Waals surface area contributed by atoms with Crippen molar-refractivity contribution in [3.8, 4) is 5.88 Å². The lowest BCUT2D eigenvalue weighted by Crippen LogP contribution is -2.31. The van der Waals surface area contributed by atoms with Gasteiger partial charge in [0.25, 0.3) is 0 Å². The molecular formula is C20H25ClN4O6S. The summed E-state index contributed by atoms with van der Waals surface area (Å²) in [6.45, 7) is 0.